The van der Waals surface area contributed by atoms with Crippen molar-refractivity contribution in [3.8, 4) is 0 Å². The molecule has 1 aromatic rings. The third-order valence-electron chi connectivity index (χ3n) is 5.00. The molecule has 2 bridgehead atoms. The van der Waals surface area contributed by atoms with Crippen molar-refractivity contribution in [3.05, 3.63) is 40.1 Å². The van der Waals surface area contributed by atoms with E-state index in [0.29, 0.717) is 4.90 Å². The third kappa shape index (κ3) is 1.73. The molecule has 0 unspecified atom stereocenters. The van der Waals surface area contributed by atoms with E-state index in [4.69, 9.17) is 69.6 Å². The van der Waals surface area contributed by atoms with E-state index in [1.54, 1.807) is 0 Å². The molecule has 132 valence electrons. The van der Waals surface area contributed by atoms with Gasteiger partial charge < -0.3 is 0 Å². The van der Waals surface area contributed by atoms with E-state index in [0.717, 1.165) is 6.07 Å². The summed E-state index contributed by atoms with van der Waals surface area (Å²) in [6, 6.07) is 5.33. The van der Waals surface area contributed by atoms with Crippen LogP contribution in [0.3, 0.4) is 0 Å². The molecule has 0 radical (unpaired) electrons. The number of allylic oxidation sites excluding steroid dienone is 2. The van der Waals surface area contributed by atoms with Gasteiger partial charge in [0.2, 0.25) is 11.8 Å². The maximum Gasteiger partial charge on any atom is 0.240 e. The molecule has 1 aromatic carbocycles. The first-order valence-electron chi connectivity index (χ1n) is 6.97. The van der Waals surface area contributed by atoms with Crippen molar-refractivity contribution >= 4 is 87.1 Å². The molecular weight excluding hydrogens is 458 g/mol. The molecule has 0 N–H and O–H groups in total. The van der Waals surface area contributed by atoms with Gasteiger partial charge >= 0.3 is 0 Å². The number of fused-ring (bicyclic) bond motifs is 5. The van der Waals surface area contributed by atoms with E-state index in [1.807, 2.05) is 0 Å². The second kappa shape index (κ2) is 5.18. The van der Waals surface area contributed by atoms with Crippen molar-refractivity contribution in [2.45, 2.75) is 14.1 Å². The quantitative estimate of drug-likeness (QED) is 0.444. The van der Waals surface area contributed by atoms with Crippen LogP contribution >= 0.6 is 69.6 Å². The highest BCUT2D eigenvalue weighted by molar-refractivity contribution is 6.67. The van der Waals surface area contributed by atoms with Gasteiger partial charge in [-0.05, 0) is 12.1 Å². The summed E-state index contributed by atoms with van der Waals surface area (Å²) in [5, 5.41) is -0.373. The molecule has 0 spiro atoms. The molecule has 3 aliphatic rings. The predicted molar refractivity (Wildman–Crippen MR) is 96.2 cm³/mol. The summed E-state index contributed by atoms with van der Waals surface area (Å²) >= 11 is 38.2. The molecule has 2 aliphatic carbocycles. The van der Waals surface area contributed by atoms with E-state index < -0.39 is 43.5 Å². The fraction of sp³-hybridized carbons (Fsp3) is 0.333. The van der Waals surface area contributed by atoms with Gasteiger partial charge in [0.1, 0.15) is 15.6 Å². The van der Waals surface area contributed by atoms with E-state index in [9.17, 15) is 14.0 Å². The zero-order chi connectivity index (χ0) is 18.5. The summed E-state index contributed by atoms with van der Waals surface area (Å²) in [5.41, 5.74) is -0.214. The number of carbonyl (C=O) groups excluding carboxylic acids is 2. The van der Waals surface area contributed by atoms with Crippen molar-refractivity contribution in [1.82, 2.24) is 0 Å². The Labute approximate surface area is 171 Å². The summed E-state index contributed by atoms with van der Waals surface area (Å²) in [6.07, 6.45) is 0. The fourth-order valence-corrected chi connectivity index (χ4v) is 6.79. The van der Waals surface area contributed by atoms with Crippen LogP contribution in [0.1, 0.15) is 0 Å². The molecule has 3 nitrogen and oxygen atoms in total. The second-order valence-electron chi connectivity index (χ2n) is 6.04. The molecule has 1 saturated heterocycles. The molecule has 0 aromatic heterocycles. The molecule has 25 heavy (non-hydrogen) atoms. The van der Waals surface area contributed by atoms with Crippen LogP contribution in [0.15, 0.2) is 34.3 Å². The Kier molecular flexibility index (Phi) is 3.76. The summed E-state index contributed by atoms with van der Waals surface area (Å²) in [7, 11) is 0. The third-order valence-corrected chi connectivity index (χ3v) is 9.26. The van der Waals surface area contributed by atoms with Crippen LogP contribution in [0, 0.1) is 17.7 Å². The van der Waals surface area contributed by atoms with Crippen molar-refractivity contribution in [2.75, 3.05) is 4.90 Å². The number of hydrogen-bond donors (Lipinski definition) is 0. The van der Waals surface area contributed by atoms with E-state index in [-0.39, 0.29) is 15.8 Å². The van der Waals surface area contributed by atoms with Crippen LogP contribution in [-0.4, -0.2) is 25.9 Å². The van der Waals surface area contributed by atoms with Gasteiger partial charge in [-0.1, -0.05) is 58.5 Å². The lowest BCUT2D eigenvalue weighted by Gasteiger charge is -2.34. The minimum absolute atomic E-state index is 0.186. The van der Waals surface area contributed by atoms with Gasteiger partial charge in [0.05, 0.1) is 27.6 Å². The number of carbonyl (C=O) groups is 2. The second-order valence-corrected chi connectivity index (χ2v) is 9.32. The first kappa shape index (κ1) is 18.1. The van der Waals surface area contributed by atoms with Gasteiger partial charge in [0.25, 0.3) is 0 Å². The summed E-state index contributed by atoms with van der Waals surface area (Å²) in [4.78, 5) is 22.9. The van der Waals surface area contributed by atoms with Gasteiger partial charge in [0, 0.05) is 0 Å². The maximum atomic E-state index is 14.1. The molecule has 1 saturated carbocycles. The maximum absolute atomic E-state index is 14.1. The van der Waals surface area contributed by atoms with Crippen molar-refractivity contribution < 1.29 is 14.0 Å². The normalized spacial score (nSPS) is 38.8. The number of nitrogens with zero attached hydrogens (tertiary/aromatic N) is 1. The first-order valence-corrected chi connectivity index (χ1v) is 9.24. The highest BCUT2D eigenvalue weighted by Crippen LogP contribution is 2.77. The monoisotopic (exact) mass is 461 g/mol. The molecule has 2 amide bonds. The lowest BCUT2D eigenvalue weighted by atomic mass is 9.84. The molecule has 10 heteroatoms. The van der Waals surface area contributed by atoms with Gasteiger partial charge in [-0.3, -0.25) is 9.59 Å². The van der Waals surface area contributed by atoms with Crippen molar-refractivity contribution in [1.29, 1.82) is 0 Å². The molecular formula is C15H6Cl6FNO2. The van der Waals surface area contributed by atoms with Crippen LogP contribution in [0.25, 0.3) is 0 Å². The molecule has 4 atom stereocenters. The number of anilines is 1. The highest BCUT2D eigenvalue weighted by atomic mass is 35.5. The van der Waals surface area contributed by atoms with E-state index >= 15 is 0 Å². The Balaban J connectivity index is 1.94. The Morgan fingerprint density at radius 2 is 1.32 bits per heavy atom. The summed E-state index contributed by atoms with van der Waals surface area (Å²) in [5.74, 6) is -4.87. The van der Waals surface area contributed by atoms with Crippen LogP contribution in [-0.2, 0) is 9.59 Å². The van der Waals surface area contributed by atoms with Crippen LogP contribution in [0.2, 0.25) is 0 Å². The lowest BCUT2D eigenvalue weighted by molar-refractivity contribution is -0.123. The number of alkyl halides is 4. The van der Waals surface area contributed by atoms with Crippen LogP contribution in [0.5, 0.6) is 0 Å². The number of amides is 2. The zero-order valence-corrected chi connectivity index (χ0v) is 16.4. The summed E-state index contributed by atoms with van der Waals surface area (Å²) in [6.45, 7) is 0. The van der Waals surface area contributed by atoms with Gasteiger partial charge in [-0.2, -0.15) is 0 Å². The number of hydrogen-bond acceptors (Lipinski definition) is 2. The van der Waals surface area contributed by atoms with Gasteiger partial charge in [-0.25, -0.2) is 9.29 Å². The smallest absolute Gasteiger partial charge is 0.240 e. The Bertz CT molecular complexity index is 843. The van der Waals surface area contributed by atoms with Crippen LogP contribution in [0.4, 0.5) is 10.1 Å². The van der Waals surface area contributed by atoms with E-state index in [2.05, 4.69) is 0 Å². The number of halogens is 7. The van der Waals surface area contributed by atoms with E-state index in [1.165, 1.54) is 18.2 Å². The lowest BCUT2D eigenvalue weighted by Crippen LogP contribution is -2.50. The molecule has 2 fully saturated rings. The summed E-state index contributed by atoms with van der Waals surface area (Å²) < 4.78 is 12.1. The highest BCUT2D eigenvalue weighted by Gasteiger charge is 2.87. The zero-order valence-electron chi connectivity index (χ0n) is 11.9. The molecule has 4 rings (SSSR count). The number of imide groups is 1. The average molecular weight is 464 g/mol. The SMILES string of the molecule is O=C1[C@@H]2[C@H](C(=O)N1c1ccccc1F)[C@@]1(Cl)C(Cl)=C(Cl)[C@@]2(Cl)C1(Cl)Cl. The average Bonchev–Trinajstić information content (AvgIpc) is 2.93. The number of rotatable bonds is 1. The van der Waals surface area contributed by atoms with Crippen molar-refractivity contribution in [2.24, 2.45) is 11.8 Å². The Morgan fingerprint density at radius 1 is 0.880 bits per heavy atom. The standard InChI is InChI=1S/C15H6Cl6FNO2/c16-9-10(17)14(19)8-7(13(9,18)15(14,20)21)11(24)23(12(8)25)6-4-2-1-3-5(6)22/h1-4,7-8H/t7-,8+,13-,14-/m1/s1. The molecule has 1 aliphatic heterocycles. The van der Waals surface area contributed by atoms with Crippen molar-refractivity contribution in [3.63, 3.8) is 0 Å². The Hall–Kier alpha value is -0.230. The number of para-hydroxylation sites is 1. The fourth-order valence-electron chi connectivity index (χ4n) is 3.87. The van der Waals surface area contributed by atoms with Crippen LogP contribution < -0.4 is 4.90 Å². The van der Waals surface area contributed by atoms with Gasteiger partial charge in [-0.15, -0.1) is 23.2 Å². The largest absolute Gasteiger partial charge is 0.274 e. The minimum Gasteiger partial charge on any atom is -0.274 e. The molecule has 1 heterocycles. The first-order chi connectivity index (χ1) is 11.5. The van der Waals surface area contributed by atoms with Gasteiger partial charge in [0.15, 0.2) is 4.33 Å². The topological polar surface area (TPSA) is 37.4 Å². The minimum atomic E-state index is -2.00. The Morgan fingerprint density at radius 3 is 1.76 bits per heavy atom. The number of benzene rings is 1. The predicted octanol–water partition coefficient (Wildman–Crippen LogP) is 4.78.